The van der Waals surface area contributed by atoms with Crippen LogP contribution in [0.5, 0.6) is 0 Å². The van der Waals surface area contributed by atoms with Gasteiger partial charge in [-0.05, 0) is 35.4 Å². The van der Waals surface area contributed by atoms with Crippen molar-refractivity contribution in [1.29, 1.82) is 0 Å². The van der Waals surface area contributed by atoms with Crippen molar-refractivity contribution in [2.24, 2.45) is 0 Å². The molecule has 2 heterocycles. The van der Waals surface area contributed by atoms with Crippen LogP contribution in [0, 0.1) is 0 Å². The van der Waals surface area contributed by atoms with E-state index in [1.807, 2.05) is 30.3 Å². The number of hydrogen-bond acceptors (Lipinski definition) is 3. The molecule has 0 fully saturated rings. The van der Waals surface area contributed by atoms with Gasteiger partial charge in [-0.25, -0.2) is 4.98 Å². The van der Waals surface area contributed by atoms with Gasteiger partial charge in [-0.1, -0.05) is 6.07 Å². The third kappa shape index (κ3) is 2.83. The van der Waals surface area contributed by atoms with Crippen LogP contribution in [0.3, 0.4) is 0 Å². The molecular formula is C15H14N4O. The van der Waals surface area contributed by atoms with E-state index >= 15 is 0 Å². The Balaban J connectivity index is 1.61. The standard InChI is InChI=1S/C15H14N4O/c20-15(17-9-11-3-5-16-6-4-11)8-12-1-2-13-14(7-12)19-10-18-13/h1-7,10H,8-9H2,(H,17,20)(H,18,19). The fourth-order valence-electron chi connectivity index (χ4n) is 2.04. The van der Waals surface area contributed by atoms with E-state index in [9.17, 15) is 4.79 Å². The zero-order chi connectivity index (χ0) is 13.8. The van der Waals surface area contributed by atoms with Gasteiger partial charge in [0.1, 0.15) is 0 Å². The number of aromatic amines is 1. The summed E-state index contributed by atoms with van der Waals surface area (Å²) in [4.78, 5) is 23.0. The summed E-state index contributed by atoms with van der Waals surface area (Å²) in [7, 11) is 0. The molecule has 1 aromatic carbocycles. The molecule has 0 aliphatic rings. The molecule has 2 N–H and O–H groups in total. The fourth-order valence-corrected chi connectivity index (χ4v) is 2.04. The maximum Gasteiger partial charge on any atom is 0.224 e. The van der Waals surface area contributed by atoms with E-state index in [1.54, 1.807) is 18.7 Å². The van der Waals surface area contributed by atoms with E-state index in [0.717, 1.165) is 22.2 Å². The van der Waals surface area contributed by atoms with Crippen molar-refractivity contribution in [3.63, 3.8) is 0 Å². The molecular weight excluding hydrogens is 252 g/mol. The Morgan fingerprint density at radius 3 is 2.85 bits per heavy atom. The Labute approximate surface area is 116 Å². The largest absolute Gasteiger partial charge is 0.352 e. The lowest BCUT2D eigenvalue weighted by Crippen LogP contribution is -2.24. The molecule has 0 bridgehead atoms. The van der Waals surface area contributed by atoms with Gasteiger partial charge in [-0.3, -0.25) is 9.78 Å². The normalized spacial score (nSPS) is 10.6. The van der Waals surface area contributed by atoms with E-state index in [1.165, 1.54) is 0 Å². The average molecular weight is 266 g/mol. The smallest absolute Gasteiger partial charge is 0.224 e. The Hall–Kier alpha value is -2.69. The molecule has 1 amide bonds. The van der Waals surface area contributed by atoms with Gasteiger partial charge in [0, 0.05) is 18.9 Å². The van der Waals surface area contributed by atoms with Gasteiger partial charge in [0.15, 0.2) is 0 Å². The highest BCUT2D eigenvalue weighted by atomic mass is 16.1. The molecule has 100 valence electrons. The highest BCUT2D eigenvalue weighted by Gasteiger charge is 2.05. The van der Waals surface area contributed by atoms with Gasteiger partial charge in [0.05, 0.1) is 23.8 Å². The van der Waals surface area contributed by atoms with Crippen LogP contribution in [0.2, 0.25) is 0 Å². The van der Waals surface area contributed by atoms with Crippen LogP contribution in [0.25, 0.3) is 11.0 Å². The molecule has 0 saturated heterocycles. The second-order valence-electron chi connectivity index (χ2n) is 4.56. The first kappa shape index (κ1) is 12.3. The monoisotopic (exact) mass is 266 g/mol. The summed E-state index contributed by atoms with van der Waals surface area (Å²) in [6.45, 7) is 0.521. The second-order valence-corrected chi connectivity index (χ2v) is 4.56. The van der Waals surface area contributed by atoms with E-state index in [2.05, 4.69) is 20.3 Å². The summed E-state index contributed by atoms with van der Waals surface area (Å²) < 4.78 is 0. The number of rotatable bonds is 4. The van der Waals surface area contributed by atoms with Gasteiger partial charge in [0.25, 0.3) is 0 Å². The number of aromatic nitrogens is 3. The van der Waals surface area contributed by atoms with Crippen LogP contribution in [0.15, 0.2) is 49.1 Å². The van der Waals surface area contributed by atoms with Crippen molar-refractivity contribution < 1.29 is 4.79 Å². The van der Waals surface area contributed by atoms with Crippen molar-refractivity contribution in [2.45, 2.75) is 13.0 Å². The van der Waals surface area contributed by atoms with E-state index in [0.29, 0.717) is 13.0 Å². The summed E-state index contributed by atoms with van der Waals surface area (Å²) >= 11 is 0. The Morgan fingerprint density at radius 1 is 1.15 bits per heavy atom. The topological polar surface area (TPSA) is 70.7 Å². The van der Waals surface area contributed by atoms with Gasteiger partial charge in [-0.2, -0.15) is 0 Å². The summed E-state index contributed by atoms with van der Waals surface area (Å²) in [5.41, 5.74) is 3.86. The molecule has 20 heavy (non-hydrogen) atoms. The first-order valence-corrected chi connectivity index (χ1v) is 6.39. The molecule has 5 nitrogen and oxygen atoms in total. The molecule has 0 atom stereocenters. The summed E-state index contributed by atoms with van der Waals surface area (Å²) in [6, 6.07) is 9.56. The van der Waals surface area contributed by atoms with Crippen LogP contribution >= 0.6 is 0 Å². The van der Waals surface area contributed by atoms with Crippen molar-refractivity contribution in [3.8, 4) is 0 Å². The van der Waals surface area contributed by atoms with Gasteiger partial charge >= 0.3 is 0 Å². The third-order valence-corrected chi connectivity index (χ3v) is 3.09. The number of hydrogen-bond donors (Lipinski definition) is 2. The van der Waals surface area contributed by atoms with Crippen molar-refractivity contribution in [1.82, 2.24) is 20.3 Å². The maximum atomic E-state index is 11.9. The minimum Gasteiger partial charge on any atom is -0.352 e. The molecule has 0 saturated carbocycles. The fraction of sp³-hybridized carbons (Fsp3) is 0.133. The zero-order valence-electron chi connectivity index (χ0n) is 10.8. The average Bonchev–Trinajstić information content (AvgIpc) is 2.94. The number of carbonyl (C=O) groups is 1. The number of H-pyrrole nitrogens is 1. The Morgan fingerprint density at radius 2 is 2.00 bits per heavy atom. The number of nitrogens with zero attached hydrogens (tertiary/aromatic N) is 2. The van der Waals surface area contributed by atoms with E-state index < -0.39 is 0 Å². The lowest BCUT2D eigenvalue weighted by atomic mass is 10.1. The molecule has 0 radical (unpaired) electrons. The highest BCUT2D eigenvalue weighted by Crippen LogP contribution is 2.12. The molecule has 5 heteroatoms. The van der Waals surface area contributed by atoms with Gasteiger partial charge in [0.2, 0.25) is 5.91 Å². The predicted molar refractivity (Wildman–Crippen MR) is 75.9 cm³/mol. The number of nitrogens with one attached hydrogen (secondary N) is 2. The number of pyridine rings is 1. The molecule has 3 rings (SSSR count). The van der Waals surface area contributed by atoms with Crippen LogP contribution in [-0.2, 0) is 17.8 Å². The summed E-state index contributed by atoms with van der Waals surface area (Å²) in [5.74, 6) is 0.000627. The number of imidazole rings is 1. The lowest BCUT2D eigenvalue weighted by molar-refractivity contribution is -0.120. The van der Waals surface area contributed by atoms with Gasteiger partial charge < -0.3 is 10.3 Å². The minimum atomic E-state index is 0.000627. The van der Waals surface area contributed by atoms with Crippen molar-refractivity contribution in [3.05, 3.63) is 60.2 Å². The van der Waals surface area contributed by atoms with Crippen LogP contribution < -0.4 is 5.32 Å². The third-order valence-electron chi connectivity index (χ3n) is 3.09. The first-order chi connectivity index (χ1) is 9.81. The van der Waals surface area contributed by atoms with Crippen LogP contribution in [0.1, 0.15) is 11.1 Å². The molecule has 0 aliphatic carbocycles. The number of benzene rings is 1. The quantitative estimate of drug-likeness (QED) is 0.756. The molecule has 2 aromatic heterocycles. The molecule has 0 unspecified atom stereocenters. The summed E-state index contributed by atoms with van der Waals surface area (Å²) in [6.07, 6.45) is 5.44. The Bertz CT molecular complexity index is 721. The van der Waals surface area contributed by atoms with Crippen molar-refractivity contribution >= 4 is 16.9 Å². The summed E-state index contributed by atoms with van der Waals surface area (Å²) in [5, 5.41) is 2.90. The second kappa shape index (κ2) is 5.52. The van der Waals surface area contributed by atoms with E-state index in [4.69, 9.17) is 0 Å². The van der Waals surface area contributed by atoms with Gasteiger partial charge in [-0.15, -0.1) is 0 Å². The molecule has 0 aliphatic heterocycles. The highest BCUT2D eigenvalue weighted by molar-refractivity contribution is 5.81. The number of fused-ring (bicyclic) bond motifs is 1. The minimum absolute atomic E-state index is 0.000627. The first-order valence-electron chi connectivity index (χ1n) is 6.39. The number of amides is 1. The Kier molecular flexibility index (Phi) is 3.41. The predicted octanol–water partition coefficient (Wildman–Crippen LogP) is 1.82. The zero-order valence-corrected chi connectivity index (χ0v) is 10.8. The molecule has 0 spiro atoms. The van der Waals surface area contributed by atoms with Crippen LogP contribution in [0.4, 0.5) is 0 Å². The maximum absolute atomic E-state index is 11.9. The lowest BCUT2D eigenvalue weighted by Gasteiger charge is -2.05. The SMILES string of the molecule is O=C(Cc1ccc2nc[nH]c2c1)NCc1ccncc1. The number of carbonyl (C=O) groups excluding carboxylic acids is 1. The van der Waals surface area contributed by atoms with E-state index in [-0.39, 0.29) is 5.91 Å². The van der Waals surface area contributed by atoms with Crippen molar-refractivity contribution in [2.75, 3.05) is 0 Å². The molecule has 3 aromatic rings. The van der Waals surface area contributed by atoms with Crippen LogP contribution in [-0.4, -0.2) is 20.9 Å².